The van der Waals surface area contributed by atoms with Crippen molar-refractivity contribution in [3.63, 3.8) is 0 Å². The van der Waals surface area contributed by atoms with Gasteiger partial charge in [-0.25, -0.2) is 0 Å². The van der Waals surface area contributed by atoms with Gasteiger partial charge < -0.3 is 10.1 Å². The van der Waals surface area contributed by atoms with Crippen LogP contribution in [0.4, 0.5) is 0 Å². The first kappa shape index (κ1) is 16.2. The molecule has 1 aromatic carbocycles. The second kappa shape index (κ2) is 8.35. The van der Waals surface area contributed by atoms with Gasteiger partial charge in [-0.1, -0.05) is 31.9 Å². The maximum Gasteiger partial charge on any atom is 0.260 e. The number of rotatable bonds is 8. The van der Waals surface area contributed by atoms with Gasteiger partial charge in [-0.05, 0) is 31.9 Å². The van der Waals surface area contributed by atoms with Gasteiger partial charge in [0.25, 0.3) is 5.91 Å². The largest absolute Gasteiger partial charge is 0.480 e. The van der Waals surface area contributed by atoms with E-state index in [-0.39, 0.29) is 5.91 Å². The van der Waals surface area contributed by atoms with E-state index in [0.29, 0.717) is 17.9 Å². The van der Waals surface area contributed by atoms with Crippen LogP contribution in [0.1, 0.15) is 49.0 Å². The lowest BCUT2D eigenvalue weighted by molar-refractivity contribution is -0.127. The number of hydrogen-bond donors (Lipinski definition) is 1. The second-order valence-electron chi connectivity index (χ2n) is 4.87. The first-order valence-corrected chi connectivity index (χ1v) is 7.09. The third-order valence-electron chi connectivity index (χ3n) is 3.11. The Hall–Kier alpha value is -1.84. The third-order valence-corrected chi connectivity index (χ3v) is 3.11. The minimum atomic E-state index is -0.614. The molecule has 0 aliphatic rings. The highest BCUT2D eigenvalue weighted by Gasteiger charge is 2.17. The molecule has 1 atom stereocenters. The Balaban J connectivity index is 2.59. The predicted molar refractivity (Wildman–Crippen MR) is 79.2 cm³/mol. The molecule has 0 fully saturated rings. The molecule has 0 aromatic heterocycles. The molecule has 1 N–H and O–H groups in total. The number of amides is 1. The average molecular weight is 277 g/mol. The van der Waals surface area contributed by atoms with E-state index < -0.39 is 6.10 Å². The van der Waals surface area contributed by atoms with Crippen LogP contribution in [0.5, 0.6) is 5.75 Å². The van der Waals surface area contributed by atoms with Crippen LogP contribution < -0.4 is 10.1 Å². The summed E-state index contributed by atoms with van der Waals surface area (Å²) in [4.78, 5) is 22.9. The summed E-state index contributed by atoms with van der Waals surface area (Å²) in [5.74, 6) is 0.333. The fraction of sp³-hybridized carbons (Fsp3) is 0.500. The number of para-hydroxylation sites is 1. The Bertz CT molecular complexity index is 457. The average Bonchev–Trinajstić information content (AvgIpc) is 2.45. The van der Waals surface area contributed by atoms with Crippen LogP contribution >= 0.6 is 0 Å². The van der Waals surface area contributed by atoms with Crippen molar-refractivity contribution in [3.05, 3.63) is 29.3 Å². The van der Waals surface area contributed by atoms with Crippen LogP contribution in [-0.4, -0.2) is 24.8 Å². The van der Waals surface area contributed by atoms with Crippen LogP contribution in [0.25, 0.3) is 0 Å². The molecule has 0 aliphatic heterocycles. The Labute approximate surface area is 120 Å². The van der Waals surface area contributed by atoms with Gasteiger partial charge in [0.05, 0.1) is 5.56 Å². The molecule has 4 heteroatoms. The Morgan fingerprint density at radius 3 is 2.80 bits per heavy atom. The lowest BCUT2D eigenvalue weighted by Crippen LogP contribution is -2.37. The number of nitrogens with one attached hydrogen (secondary N) is 1. The van der Waals surface area contributed by atoms with Crippen molar-refractivity contribution in [2.75, 3.05) is 6.54 Å². The molecular formula is C16H23NO3. The van der Waals surface area contributed by atoms with Crippen molar-refractivity contribution in [2.45, 2.75) is 46.1 Å². The van der Waals surface area contributed by atoms with E-state index >= 15 is 0 Å². The van der Waals surface area contributed by atoms with E-state index in [1.807, 2.05) is 13.0 Å². The summed E-state index contributed by atoms with van der Waals surface area (Å²) in [6.07, 6.45) is 3.32. The van der Waals surface area contributed by atoms with Crippen molar-refractivity contribution < 1.29 is 14.3 Å². The zero-order valence-corrected chi connectivity index (χ0v) is 12.4. The number of aldehydes is 1. The van der Waals surface area contributed by atoms with Crippen molar-refractivity contribution in [1.82, 2.24) is 5.32 Å². The summed E-state index contributed by atoms with van der Waals surface area (Å²) < 4.78 is 5.64. The van der Waals surface area contributed by atoms with Gasteiger partial charge in [0.1, 0.15) is 5.75 Å². The van der Waals surface area contributed by atoms with Crippen LogP contribution in [-0.2, 0) is 4.79 Å². The molecule has 20 heavy (non-hydrogen) atoms. The molecule has 0 saturated heterocycles. The highest BCUT2D eigenvalue weighted by Crippen LogP contribution is 2.23. The van der Waals surface area contributed by atoms with E-state index in [4.69, 9.17) is 4.74 Å². The first-order chi connectivity index (χ1) is 9.60. The van der Waals surface area contributed by atoms with E-state index in [2.05, 4.69) is 12.2 Å². The number of benzene rings is 1. The van der Waals surface area contributed by atoms with Crippen LogP contribution in [0.2, 0.25) is 0 Å². The van der Waals surface area contributed by atoms with Gasteiger partial charge in [-0.2, -0.15) is 0 Å². The molecule has 1 rings (SSSR count). The molecular weight excluding hydrogens is 254 g/mol. The van der Waals surface area contributed by atoms with Gasteiger partial charge in [-0.15, -0.1) is 0 Å². The normalized spacial score (nSPS) is 11.8. The Kier molecular flexibility index (Phi) is 6.77. The number of carbonyl (C=O) groups excluding carboxylic acids is 2. The van der Waals surface area contributed by atoms with Gasteiger partial charge in [0.2, 0.25) is 0 Å². The molecule has 110 valence electrons. The number of ether oxygens (including phenoxy) is 1. The minimum Gasteiger partial charge on any atom is -0.480 e. The smallest absolute Gasteiger partial charge is 0.260 e. The maximum absolute atomic E-state index is 11.9. The topological polar surface area (TPSA) is 55.4 Å². The molecule has 0 bridgehead atoms. The molecule has 0 spiro atoms. The monoisotopic (exact) mass is 277 g/mol. The van der Waals surface area contributed by atoms with Crippen LogP contribution in [0.15, 0.2) is 18.2 Å². The van der Waals surface area contributed by atoms with Crippen molar-refractivity contribution in [2.24, 2.45) is 0 Å². The Morgan fingerprint density at radius 2 is 2.15 bits per heavy atom. The maximum atomic E-state index is 11.9. The highest BCUT2D eigenvalue weighted by atomic mass is 16.5. The van der Waals surface area contributed by atoms with Crippen molar-refractivity contribution in [3.8, 4) is 5.75 Å². The number of aryl methyl sites for hydroxylation is 1. The van der Waals surface area contributed by atoms with Gasteiger partial charge in [0.15, 0.2) is 12.4 Å². The first-order valence-electron chi connectivity index (χ1n) is 7.09. The standard InChI is InChI=1S/C16H23NO3/c1-4-5-6-10-17-16(19)13(3)20-15-12(2)8-7-9-14(15)11-18/h7-9,11,13H,4-6,10H2,1-3H3,(H,17,19). The zero-order valence-electron chi connectivity index (χ0n) is 12.4. The fourth-order valence-electron chi connectivity index (χ4n) is 1.89. The van der Waals surface area contributed by atoms with Gasteiger partial charge >= 0.3 is 0 Å². The van der Waals surface area contributed by atoms with E-state index in [1.165, 1.54) is 0 Å². The summed E-state index contributed by atoms with van der Waals surface area (Å²) in [5.41, 5.74) is 1.32. The van der Waals surface area contributed by atoms with E-state index in [1.54, 1.807) is 19.1 Å². The summed E-state index contributed by atoms with van der Waals surface area (Å²) >= 11 is 0. The van der Waals surface area contributed by atoms with E-state index in [9.17, 15) is 9.59 Å². The van der Waals surface area contributed by atoms with Crippen molar-refractivity contribution >= 4 is 12.2 Å². The summed E-state index contributed by atoms with van der Waals surface area (Å²) in [6, 6.07) is 5.33. The summed E-state index contributed by atoms with van der Waals surface area (Å²) in [5, 5.41) is 2.84. The predicted octanol–water partition coefficient (Wildman–Crippen LogP) is 2.88. The molecule has 1 aromatic rings. The summed E-state index contributed by atoms with van der Waals surface area (Å²) in [6.45, 7) is 6.33. The molecule has 1 unspecified atom stereocenters. The molecule has 4 nitrogen and oxygen atoms in total. The lowest BCUT2D eigenvalue weighted by Gasteiger charge is -2.17. The molecule has 0 radical (unpaired) electrons. The van der Waals surface area contributed by atoms with Gasteiger partial charge in [-0.3, -0.25) is 9.59 Å². The highest BCUT2D eigenvalue weighted by molar-refractivity contribution is 5.83. The fourth-order valence-corrected chi connectivity index (χ4v) is 1.89. The second-order valence-corrected chi connectivity index (χ2v) is 4.87. The number of carbonyl (C=O) groups is 2. The lowest BCUT2D eigenvalue weighted by atomic mass is 10.1. The van der Waals surface area contributed by atoms with Crippen LogP contribution in [0, 0.1) is 6.92 Å². The zero-order chi connectivity index (χ0) is 15.0. The quantitative estimate of drug-likeness (QED) is 0.587. The SMILES string of the molecule is CCCCCNC(=O)C(C)Oc1c(C)cccc1C=O. The minimum absolute atomic E-state index is 0.152. The van der Waals surface area contributed by atoms with Crippen molar-refractivity contribution in [1.29, 1.82) is 0 Å². The van der Waals surface area contributed by atoms with Crippen LogP contribution in [0.3, 0.4) is 0 Å². The molecule has 0 saturated carbocycles. The number of hydrogen-bond acceptors (Lipinski definition) is 3. The van der Waals surface area contributed by atoms with Gasteiger partial charge in [0, 0.05) is 6.54 Å². The molecule has 0 aliphatic carbocycles. The van der Waals surface area contributed by atoms with E-state index in [0.717, 1.165) is 31.1 Å². The molecule has 1 amide bonds. The number of unbranched alkanes of at least 4 members (excludes halogenated alkanes) is 2. The summed E-state index contributed by atoms with van der Waals surface area (Å²) in [7, 11) is 0. The Morgan fingerprint density at radius 1 is 1.40 bits per heavy atom. The molecule has 0 heterocycles. The third kappa shape index (κ3) is 4.68.